The summed E-state index contributed by atoms with van der Waals surface area (Å²) in [5.41, 5.74) is 5.28. The molecule has 1 atom stereocenters. The summed E-state index contributed by atoms with van der Waals surface area (Å²) in [6, 6.07) is 17.1. The molecule has 3 aromatic rings. The SMILES string of the molecule is CCN(c1ccc(NC(=O)OC2CC(=O)N(c3ccc(C)cc3)C2)cc1)c1nc(C)cc(C)n1. The first kappa shape index (κ1) is 23.2. The first-order valence-corrected chi connectivity index (χ1v) is 11.4. The lowest BCUT2D eigenvalue weighted by atomic mass is 10.2. The Kier molecular flexibility index (Phi) is 6.77. The van der Waals surface area contributed by atoms with E-state index in [1.165, 1.54) is 0 Å². The van der Waals surface area contributed by atoms with Gasteiger partial charge in [-0.05, 0) is 70.2 Å². The monoisotopic (exact) mass is 459 g/mol. The van der Waals surface area contributed by atoms with E-state index in [4.69, 9.17) is 4.74 Å². The van der Waals surface area contributed by atoms with Crippen LogP contribution in [0.4, 0.5) is 27.8 Å². The predicted molar refractivity (Wildman–Crippen MR) is 133 cm³/mol. The molecule has 1 aromatic heterocycles. The zero-order chi connectivity index (χ0) is 24.2. The summed E-state index contributed by atoms with van der Waals surface area (Å²) in [4.78, 5) is 37.6. The molecule has 1 saturated heterocycles. The fraction of sp³-hybridized carbons (Fsp3) is 0.308. The van der Waals surface area contributed by atoms with Crippen molar-refractivity contribution in [3.8, 4) is 0 Å². The minimum atomic E-state index is -0.582. The molecule has 4 rings (SSSR count). The number of ether oxygens (including phenoxy) is 1. The third-order valence-electron chi connectivity index (χ3n) is 5.66. The second kappa shape index (κ2) is 9.91. The number of hydrogen-bond donors (Lipinski definition) is 1. The normalized spacial score (nSPS) is 15.4. The Balaban J connectivity index is 1.36. The molecule has 0 saturated carbocycles. The summed E-state index contributed by atoms with van der Waals surface area (Å²) < 4.78 is 5.51. The van der Waals surface area contributed by atoms with E-state index in [9.17, 15) is 9.59 Å². The molecule has 0 bridgehead atoms. The van der Waals surface area contributed by atoms with Gasteiger partial charge in [-0.1, -0.05) is 17.7 Å². The molecular formula is C26H29N5O3. The molecule has 176 valence electrons. The molecule has 1 aliphatic rings. The van der Waals surface area contributed by atoms with Crippen LogP contribution in [0, 0.1) is 20.8 Å². The summed E-state index contributed by atoms with van der Waals surface area (Å²) in [7, 11) is 0. The zero-order valence-corrected chi connectivity index (χ0v) is 19.9. The van der Waals surface area contributed by atoms with Crippen LogP contribution in [0.2, 0.25) is 0 Å². The molecule has 2 amide bonds. The Hall–Kier alpha value is -3.94. The lowest BCUT2D eigenvalue weighted by molar-refractivity contribution is -0.117. The second-order valence-electron chi connectivity index (χ2n) is 8.44. The molecule has 1 N–H and O–H groups in total. The first-order valence-electron chi connectivity index (χ1n) is 11.4. The largest absolute Gasteiger partial charge is 0.444 e. The molecule has 1 unspecified atom stereocenters. The number of rotatable bonds is 6. The highest BCUT2D eigenvalue weighted by Crippen LogP contribution is 2.26. The van der Waals surface area contributed by atoms with Crippen LogP contribution in [0.3, 0.4) is 0 Å². The number of aryl methyl sites for hydroxylation is 3. The zero-order valence-electron chi connectivity index (χ0n) is 19.9. The average molecular weight is 460 g/mol. The van der Waals surface area contributed by atoms with Crippen molar-refractivity contribution in [3.63, 3.8) is 0 Å². The van der Waals surface area contributed by atoms with E-state index in [1.807, 2.05) is 75.1 Å². The molecule has 8 heteroatoms. The standard InChI is InChI=1S/C26H29N5O3/c1-5-30(25-27-18(3)14-19(4)28-25)21-12-8-20(9-13-21)29-26(33)34-23-15-24(32)31(16-23)22-10-6-17(2)7-11-22/h6-14,23H,5,15-16H2,1-4H3,(H,29,33). The maximum atomic E-state index is 12.4. The molecular weight excluding hydrogens is 430 g/mol. The summed E-state index contributed by atoms with van der Waals surface area (Å²) in [5.74, 6) is 0.586. The van der Waals surface area contributed by atoms with Crippen LogP contribution in [0.15, 0.2) is 54.6 Å². The van der Waals surface area contributed by atoms with Crippen molar-refractivity contribution in [2.45, 2.75) is 40.2 Å². The van der Waals surface area contributed by atoms with E-state index in [1.54, 1.807) is 17.0 Å². The minimum Gasteiger partial charge on any atom is -0.444 e. The Morgan fingerprint density at radius 3 is 2.32 bits per heavy atom. The van der Waals surface area contributed by atoms with Gasteiger partial charge in [-0.15, -0.1) is 0 Å². The number of nitrogens with one attached hydrogen (secondary N) is 1. The summed E-state index contributed by atoms with van der Waals surface area (Å²) in [6.45, 7) is 8.97. The van der Waals surface area contributed by atoms with E-state index in [-0.39, 0.29) is 12.3 Å². The van der Waals surface area contributed by atoms with Gasteiger partial charge in [-0.25, -0.2) is 14.8 Å². The lowest BCUT2D eigenvalue weighted by Crippen LogP contribution is -2.28. The Morgan fingerprint density at radius 2 is 1.71 bits per heavy atom. The summed E-state index contributed by atoms with van der Waals surface area (Å²) >= 11 is 0. The maximum Gasteiger partial charge on any atom is 0.411 e. The molecule has 0 radical (unpaired) electrons. The van der Waals surface area contributed by atoms with Crippen molar-refractivity contribution >= 4 is 35.0 Å². The van der Waals surface area contributed by atoms with Crippen molar-refractivity contribution < 1.29 is 14.3 Å². The van der Waals surface area contributed by atoms with E-state index >= 15 is 0 Å². The molecule has 34 heavy (non-hydrogen) atoms. The highest BCUT2D eigenvalue weighted by Gasteiger charge is 2.33. The molecule has 8 nitrogen and oxygen atoms in total. The topological polar surface area (TPSA) is 87.7 Å². The highest BCUT2D eigenvalue weighted by atomic mass is 16.6. The van der Waals surface area contributed by atoms with Gasteiger partial charge < -0.3 is 14.5 Å². The van der Waals surface area contributed by atoms with Gasteiger partial charge in [-0.3, -0.25) is 10.1 Å². The van der Waals surface area contributed by atoms with Gasteiger partial charge >= 0.3 is 6.09 Å². The van der Waals surface area contributed by atoms with Crippen LogP contribution < -0.4 is 15.1 Å². The lowest BCUT2D eigenvalue weighted by Gasteiger charge is -2.22. The van der Waals surface area contributed by atoms with E-state index in [0.717, 1.165) is 28.3 Å². The number of carbonyl (C=O) groups is 2. The summed E-state index contributed by atoms with van der Waals surface area (Å²) in [5, 5.41) is 2.75. The van der Waals surface area contributed by atoms with Crippen molar-refractivity contribution in [3.05, 3.63) is 71.5 Å². The van der Waals surface area contributed by atoms with Crippen molar-refractivity contribution in [2.24, 2.45) is 0 Å². The van der Waals surface area contributed by atoms with Crippen LogP contribution in [-0.4, -0.2) is 41.2 Å². The van der Waals surface area contributed by atoms with E-state index in [0.29, 0.717) is 24.7 Å². The number of aromatic nitrogens is 2. The van der Waals surface area contributed by atoms with Gasteiger partial charge in [0.2, 0.25) is 11.9 Å². The number of nitrogens with zero attached hydrogens (tertiary/aromatic N) is 4. The molecule has 1 fully saturated rings. The van der Waals surface area contributed by atoms with Gasteiger partial charge in [0.25, 0.3) is 0 Å². The number of carbonyl (C=O) groups excluding carboxylic acids is 2. The second-order valence-corrected chi connectivity index (χ2v) is 8.44. The fourth-order valence-corrected chi connectivity index (χ4v) is 4.02. The third-order valence-corrected chi connectivity index (χ3v) is 5.66. The number of hydrogen-bond acceptors (Lipinski definition) is 6. The van der Waals surface area contributed by atoms with Gasteiger partial charge in [0.05, 0.1) is 13.0 Å². The summed E-state index contributed by atoms with van der Waals surface area (Å²) in [6.07, 6.45) is -0.909. The smallest absolute Gasteiger partial charge is 0.411 e. The Labute approximate surface area is 199 Å². The van der Waals surface area contributed by atoms with Crippen molar-refractivity contribution in [2.75, 3.05) is 28.2 Å². The molecule has 2 heterocycles. The quantitative estimate of drug-likeness (QED) is 0.563. The van der Waals surface area contributed by atoms with Crippen LogP contribution in [0.25, 0.3) is 0 Å². The van der Waals surface area contributed by atoms with Crippen LogP contribution >= 0.6 is 0 Å². The molecule has 2 aromatic carbocycles. The Bertz CT molecular complexity index is 1160. The van der Waals surface area contributed by atoms with Crippen LogP contribution in [0.1, 0.15) is 30.3 Å². The van der Waals surface area contributed by atoms with Crippen molar-refractivity contribution in [1.82, 2.24) is 9.97 Å². The van der Waals surface area contributed by atoms with Gasteiger partial charge in [-0.2, -0.15) is 0 Å². The minimum absolute atomic E-state index is 0.0562. The average Bonchev–Trinajstić information content (AvgIpc) is 3.15. The van der Waals surface area contributed by atoms with Gasteiger partial charge in [0.1, 0.15) is 6.10 Å². The van der Waals surface area contributed by atoms with E-state index < -0.39 is 12.2 Å². The van der Waals surface area contributed by atoms with Gasteiger partial charge in [0, 0.05) is 35.0 Å². The number of benzene rings is 2. The predicted octanol–water partition coefficient (Wildman–Crippen LogP) is 4.91. The van der Waals surface area contributed by atoms with Crippen LogP contribution in [0.5, 0.6) is 0 Å². The Morgan fingerprint density at radius 1 is 1.06 bits per heavy atom. The number of amides is 2. The third kappa shape index (κ3) is 5.33. The number of anilines is 4. The van der Waals surface area contributed by atoms with E-state index in [2.05, 4.69) is 15.3 Å². The highest BCUT2D eigenvalue weighted by molar-refractivity contribution is 5.96. The van der Waals surface area contributed by atoms with Gasteiger partial charge in [0.15, 0.2) is 0 Å². The molecule has 0 spiro atoms. The van der Waals surface area contributed by atoms with Crippen molar-refractivity contribution in [1.29, 1.82) is 0 Å². The molecule has 1 aliphatic heterocycles. The van der Waals surface area contributed by atoms with Crippen LogP contribution in [-0.2, 0) is 9.53 Å². The molecule has 0 aliphatic carbocycles. The fourth-order valence-electron chi connectivity index (χ4n) is 4.02. The maximum absolute atomic E-state index is 12.4. The first-order chi connectivity index (χ1) is 16.3.